The zero-order valence-electron chi connectivity index (χ0n) is 16.4. The van der Waals surface area contributed by atoms with Crippen molar-refractivity contribution in [1.29, 1.82) is 0 Å². The Morgan fingerprint density at radius 2 is 1.86 bits per heavy atom. The number of hydrogen-bond donors (Lipinski definition) is 1. The van der Waals surface area contributed by atoms with E-state index in [4.69, 9.17) is 4.74 Å². The molecule has 6 heteroatoms. The van der Waals surface area contributed by atoms with Gasteiger partial charge in [0.2, 0.25) is 0 Å². The van der Waals surface area contributed by atoms with E-state index in [2.05, 4.69) is 23.9 Å². The first kappa shape index (κ1) is 19.6. The highest BCUT2D eigenvalue weighted by atomic mass is 16.5. The minimum absolute atomic E-state index is 0.281. The molecule has 0 aliphatic carbocycles. The van der Waals surface area contributed by atoms with Crippen LogP contribution in [-0.2, 0) is 6.54 Å². The molecular formula is C22H25N3O3. The number of carbonyl (C=O) groups is 1. The minimum Gasteiger partial charge on any atom is -0.478 e. The maximum atomic E-state index is 11.5. The lowest BCUT2D eigenvalue weighted by Crippen LogP contribution is -2.09. The van der Waals surface area contributed by atoms with Crippen LogP contribution in [0.2, 0.25) is 0 Å². The summed E-state index contributed by atoms with van der Waals surface area (Å²) in [6.07, 6.45) is 0.967. The van der Waals surface area contributed by atoms with Crippen molar-refractivity contribution in [3.05, 3.63) is 65.5 Å². The van der Waals surface area contributed by atoms with Crippen molar-refractivity contribution in [3.8, 4) is 17.1 Å². The number of aromatic nitrogens is 3. The predicted molar refractivity (Wildman–Crippen MR) is 108 cm³/mol. The lowest BCUT2D eigenvalue weighted by atomic mass is 9.99. The highest BCUT2D eigenvalue weighted by Crippen LogP contribution is 2.25. The Labute approximate surface area is 164 Å². The van der Waals surface area contributed by atoms with Crippen LogP contribution in [0, 0.1) is 0 Å². The summed E-state index contributed by atoms with van der Waals surface area (Å²) in [5.74, 6) is 0.263. The van der Waals surface area contributed by atoms with Crippen molar-refractivity contribution in [3.63, 3.8) is 0 Å². The number of hydrogen-bond acceptors (Lipinski definition) is 4. The van der Waals surface area contributed by atoms with E-state index in [0.717, 1.165) is 23.4 Å². The number of rotatable bonds is 8. The van der Waals surface area contributed by atoms with Gasteiger partial charge in [0.15, 0.2) is 0 Å². The Kier molecular flexibility index (Phi) is 6.09. The molecule has 0 bridgehead atoms. The van der Waals surface area contributed by atoms with Gasteiger partial charge in [-0.05, 0) is 36.1 Å². The fraction of sp³-hybridized carbons (Fsp3) is 0.318. The third-order valence-electron chi connectivity index (χ3n) is 4.76. The molecule has 0 aliphatic heterocycles. The Morgan fingerprint density at radius 1 is 1.14 bits per heavy atom. The summed E-state index contributed by atoms with van der Waals surface area (Å²) in [5, 5.41) is 13.9. The predicted octanol–water partition coefficient (Wildman–Crippen LogP) is 4.60. The average molecular weight is 379 g/mol. The van der Waals surface area contributed by atoms with Gasteiger partial charge in [-0.1, -0.05) is 56.3 Å². The lowest BCUT2D eigenvalue weighted by Gasteiger charge is -2.11. The molecule has 1 aromatic heterocycles. The molecule has 0 fully saturated rings. The van der Waals surface area contributed by atoms with Crippen molar-refractivity contribution in [2.24, 2.45) is 0 Å². The minimum atomic E-state index is -0.927. The molecule has 0 saturated carbocycles. The molecule has 28 heavy (non-hydrogen) atoms. The van der Waals surface area contributed by atoms with Crippen LogP contribution in [0.15, 0.2) is 48.5 Å². The number of carboxylic acids is 1. The van der Waals surface area contributed by atoms with Gasteiger partial charge in [0.25, 0.3) is 0 Å². The van der Waals surface area contributed by atoms with Crippen LogP contribution in [-0.4, -0.2) is 32.4 Å². The monoisotopic (exact) mass is 379 g/mol. The van der Waals surface area contributed by atoms with Gasteiger partial charge in [0, 0.05) is 5.92 Å². The highest BCUT2D eigenvalue weighted by molar-refractivity contribution is 5.95. The summed E-state index contributed by atoms with van der Waals surface area (Å²) >= 11 is 0. The molecule has 3 aromatic rings. The van der Waals surface area contributed by atoms with Gasteiger partial charge in [-0.3, -0.25) is 0 Å². The van der Waals surface area contributed by atoms with Crippen LogP contribution < -0.4 is 4.74 Å². The van der Waals surface area contributed by atoms with Crippen LogP contribution in [0.5, 0.6) is 6.01 Å². The standard InChI is InChI=1S/C22H25N3O3/c1-4-15(3)20-23-22(28-5-2)24-25(20)14-16-10-12-17(13-11-16)18-8-6-7-9-19(18)21(26)27/h6-13,15H,4-5,14H2,1-3H3,(H,26,27). The van der Waals surface area contributed by atoms with Gasteiger partial charge in [0.05, 0.1) is 18.7 Å². The number of ether oxygens (including phenoxy) is 1. The quantitative estimate of drug-likeness (QED) is 0.619. The first-order valence-electron chi connectivity index (χ1n) is 9.52. The SMILES string of the molecule is CCOc1nc(C(C)CC)n(Cc2ccc(-c3ccccc3C(=O)O)cc2)n1. The Hall–Kier alpha value is -3.15. The molecule has 1 unspecified atom stereocenters. The van der Waals surface area contributed by atoms with E-state index in [1.807, 2.05) is 48.0 Å². The largest absolute Gasteiger partial charge is 0.478 e. The first-order valence-corrected chi connectivity index (χ1v) is 9.52. The van der Waals surface area contributed by atoms with E-state index in [-0.39, 0.29) is 5.92 Å². The first-order chi connectivity index (χ1) is 13.5. The summed E-state index contributed by atoms with van der Waals surface area (Å²) in [6.45, 7) is 7.28. The van der Waals surface area contributed by atoms with Gasteiger partial charge in [-0.15, -0.1) is 5.10 Å². The molecule has 3 rings (SSSR count). The Balaban J connectivity index is 1.87. The average Bonchev–Trinajstić information content (AvgIpc) is 3.10. The molecule has 0 saturated heterocycles. The molecule has 0 amide bonds. The maximum Gasteiger partial charge on any atom is 0.336 e. The fourth-order valence-corrected chi connectivity index (χ4v) is 3.07. The third kappa shape index (κ3) is 4.22. The molecule has 2 aromatic carbocycles. The second-order valence-corrected chi connectivity index (χ2v) is 6.70. The maximum absolute atomic E-state index is 11.5. The summed E-state index contributed by atoms with van der Waals surface area (Å²) in [7, 11) is 0. The van der Waals surface area contributed by atoms with Crippen molar-refractivity contribution in [1.82, 2.24) is 14.8 Å². The summed E-state index contributed by atoms with van der Waals surface area (Å²) in [5.41, 5.74) is 2.94. The molecule has 0 radical (unpaired) electrons. The molecule has 146 valence electrons. The topological polar surface area (TPSA) is 77.2 Å². The molecule has 1 atom stereocenters. The number of benzene rings is 2. The van der Waals surface area contributed by atoms with Crippen LogP contribution in [0.3, 0.4) is 0 Å². The fourth-order valence-electron chi connectivity index (χ4n) is 3.07. The highest BCUT2D eigenvalue weighted by Gasteiger charge is 2.16. The lowest BCUT2D eigenvalue weighted by molar-refractivity contribution is 0.0697. The van der Waals surface area contributed by atoms with Crippen molar-refractivity contribution >= 4 is 5.97 Å². The summed E-state index contributed by atoms with van der Waals surface area (Å²) in [4.78, 5) is 16.0. The van der Waals surface area contributed by atoms with Gasteiger partial charge in [-0.2, -0.15) is 4.98 Å². The zero-order chi connectivity index (χ0) is 20.1. The zero-order valence-corrected chi connectivity index (χ0v) is 16.4. The van der Waals surface area contributed by atoms with Crippen molar-refractivity contribution < 1.29 is 14.6 Å². The van der Waals surface area contributed by atoms with Gasteiger partial charge < -0.3 is 9.84 Å². The molecule has 0 spiro atoms. The summed E-state index contributed by atoms with van der Waals surface area (Å²) < 4.78 is 7.36. The Morgan fingerprint density at radius 3 is 2.50 bits per heavy atom. The smallest absolute Gasteiger partial charge is 0.336 e. The second-order valence-electron chi connectivity index (χ2n) is 6.70. The van der Waals surface area contributed by atoms with E-state index < -0.39 is 5.97 Å². The second kappa shape index (κ2) is 8.69. The number of carboxylic acid groups (broad SMARTS) is 1. The normalized spacial score (nSPS) is 12.0. The summed E-state index contributed by atoms with van der Waals surface area (Å²) in [6, 6.07) is 15.3. The van der Waals surface area contributed by atoms with Crippen LogP contribution >= 0.6 is 0 Å². The molecular weight excluding hydrogens is 354 g/mol. The van der Waals surface area contributed by atoms with Crippen molar-refractivity contribution in [2.75, 3.05) is 6.61 Å². The van der Waals surface area contributed by atoms with Gasteiger partial charge in [0.1, 0.15) is 5.82 Å². The van der Waals surface area contributed by atoms with E-state index in [1.54, 1.807) is 12.1 Å². The van der Waals surface area contributed by atoms with Crippen molar-refractivity contribution in [2.45, 2.75) is 39.7 Å². The number of aromatic carboxylic acids is 1. The van der Waals surface area contributed by atoms with E-state index in [1.165, 1.54) is 0 Å². The third-order valence-corrected chi connectivity index (χ3v) is 4.76. The van der Waals surface area contributed by atoms with Gasteiger partial charge >= 0.3 is 12.0 Å². The van der Waals surface area contributed by atoms with Crippen LogP contribution in [0.1, 0.15) is 54.9 Å². The molecule has 1 heterocycles. The van der Waals surface area contributed by atoms with E-state index >= 15 is 0 Å². The van der Waals surface area contributed by atoms with E-state index in [9.17, 15) is 9.90 Å². The van der Waals surface area contributed by atoms with Crippen LogP contribution in [0.25, 0.3) is 11.1 Å². The number of nitrogens with zero attached hydrogens (tertiary/aromatic N) is 3. The molecule has 6 nitrogen and oxygen atoms in total. The molecule has 0 aliphatic rings. The molecule has 1 N–H and O–H groups in total. The van der Waals surface area contributed by atoms with Gasteiger partial charge in [-0.25, -0.2) is 9.48 Å². The van der Waals surface area contributed by atoms with Crippen LogP contribution in [0.4, 0.5) is 0 Å². The Bertz CT molecular complexity index is 948. The van der Waals surface area contributed by atoms with E-state index in [0.29, 0.717) is 30.3 Å².